The number of esters is 1. The molecule has 2 saturated heterocycles. The number of ether oxygens (including phenoxy) is 2. The van der Waals surface area contributed by atoms with Gasteiger partial charge >= 0.3 is 5.97 Å². The van der Waals surface area contributed by atoms with Crippen LogP contribution in [0.5, 0.6) is 0 Å². The Balaban J connectivity index is 1.61. The summed E-state index contributed by atoms with van der Waals surface area (Å²) in [5.74, 6) is -3.48. The van der Waals surface area contributed by atoms with Gasteiger partial charge < -0.3 is 29.3 Å². The van der Waals surface area contributed by atoms with E-state index in [2.05, 4.69) is 0 Å². The molecule has 220 valence electrons. The molecule has 1 N–H and O–H groups in total. The SMILES string of the molecule is CC(C)N1CC=C[C@]23O[C@@H]4/C=C\CCC(=O)N(C)[C@H](C)[C@@H](c5ccccc5)OC(=O)[C@@H]4[C@H]2C(=O)N(CCO)[C@@H]3C1=O. The second-order valence-electron chi connectivity index (χ2n) is 11.6. The molecule has 0 unspecified atom stereocenters. The van der Waals surface area contributed by atoms with Gasteiger partial charge in [-0.2, -0.15) is 0 Å². The standard InChI is InChI=1S/C31H39N3O7/c1-19(2)33-16-10-15-31-25(28(37)34(17-18-35)27(31)29(33)38)24-22(41-31)13-8-9-14-23(36)32(4)20(3)26(40-30(24)39)21-11-6-5-7-12-21/h5-8,10-13,15,19-20,22,24-27,35H,9,14,16-18H2,1-4H3/b13-8-/t20-,22-,24+,25+,26+,27-,31+/m1/s1. The van der Waals surface area contributed by atoms with E-state index in [1.807, 2.05) is 57.2 Å². The summed E-state index contributed by atoms with van der Waals surface area (Å²) in [7, 11) is 1.70. The first-order valence-electron chi connectivity index (χ1n) is 14.4. The van der Waals surface area contributed by atoms with Gasteiger partial charge in [0.1, 0.15) is 23.7 Å². The molecule has 7 atom stereocenters. The van der Waals surface area contributed by atoms with Crippen molar-refractivity contribution < 1.29 is 33.8 Å². The summed E-state index contributed by atoms with van der Waals surface area (Å²) in [6.45, 7) is 5.58. The third kappa shape index (κ3) is 4.86. The molecule has 4 heterocycles. The average molecular weight is 566 g/mol. The van der Waals surface area contributed by atoms with Crippen molar-refractivity contribution in [1.82, 2.24) is 14.7 Å². The number of cyclic esters (lactones) is 1. The molecular formula is C31H39N3O7. The van der Waals surface area contributed by atoms with Gasteiger partial charge in [-0.25, -0.2) is 0 Å². The molecule has 4 aliphatic heterocycles. The zero-order valence-electron chi connectivity index (χ0n) is 24.0. The van der Waals surface area contributed by atoms with Crippen molar-refractivity contribution in [2.45, 2.75) is 69.5 Å². The lowest BCUT2D eigenvalue weighted by Crippen LogP contribution is -2.56. The van der Waals surface area contributed by atoms with Crippen molar-refractivity contribution in [1.29, 1.82) is 0 Å². The second kappa shape index (κ2) is 11.4. The topological polar surface area (TPSA) is 117 Å². The molecular weight excluding hydrogens is 526 g/mol. The summed E-state index contributed by atoms with van der Waals surface area (Å²) in [5.41, 5.74) is -0.688. The number of hydrogen-bond acceptors (Lipinski definition) is 7. The maximum atomic E-state index is 14.2. The zero-order chi connectivity index (χ0) is 29.5. The highest BCUT2D eigenvalue weighted by atomic mass is 16.6. The van der Waals surface area contributed by atoms with Crippen molar-refractivity contribution >= 4 is 23.7 Å². The van der Waals surface area contributed by atoms with Crippen LogP contribution in [-0.2, 0) is 28.7 Å². The van der Waals surface area contributed by atoms with Crippen LogP contribution in [0.1, 0.15) is 45.3 Å². The van der Waals surface area contributed by atoms with Gasteiger partial charge in [0.25, 0.3) is 0 Å². The van der Waals surface area contributed by atoms with Gasteiger partial charge in [-0.1, -0.05) is 54.6 Å². The molecule has 0 aromatic heterocycles. The van der Waals surface area contributed by atoms with Crippen molar-refractivity contribution in [3.05, 3.63) is 60.2 Å². The first kappa shape index (κ1) is 29.0. The minimum Gasteiger partial charge on any atom is -0.455 e. The maximum absolute atomic E-state index is 14.2. The molecule has 1 aromatic rings. The zero-order valence-corrected chi connectivity index (χ0v) is 24.0. The first-order valence-corrected chi connectivity index (χ1v) is 14.4. The fourth-order valence-corrected chi connectivity index (χ4v) is 6.72. The summed E-state index contributed by atoms with van der Waals surface area (Å²) in [6, 6.07) is 7.58. The van der Waals surface area contributed by atoms with Crippen LogP contribution in [-0.4, -0.2) is 100 Å². The third-order valence-electron chi connectivity index (χ3n) is 8.93. The van der Waals surface area contributed by atoms with E-state index >= 15 is 0 Å². The fraction of sp³-hybridized carbons (Fsp3) is 0.548. The molecule has 4 aliphatic rings. The number of rotatable bonds is 4. The number of aliphatic hydroxyl groups is 1. The van der Waals surface area contributed by atoms with Crippen LogP contribution in [0.3, 0.4) is 0 Å². The third-order valence-corrected chi connectivity index (χ3v) is 8.93. The van der Waals surface area contributed by atoms with Crippen LogP contribution in [0.4, 0.5) is 0 Å². The number of nitrogens with zero attached hydrogens (tertiary/aromatic N) is 3. The largest absolute Gasteiger partial charge is 0.455 e. The summed E-state index contributed by atoms with van der Waals surface area (Å²) in [6.07, 6.45) is 6.15. The van der Waals surface area contributed by atoms with Crippen molar-refractivity contribution in [2.24, 2.45) is 11.8 Å². The van der Waals surface area contributed by atoms with E-state index in [0.29, 0.717) is 13.0 Å². The van der Waals surface area contributed by atoms with Crippen LogP contribution in [0.25, 0.3) is 0 Å². The summed E-state index contributed by atoms with van der Waals surface area (Å²) in [4.78, 5) is 59.9. The van der Waals surface area contributed by atoms with Gasteiger partial charge in [-0.05, 0) is 32.8 Å². The quantitative estimate of drug-likeness (QED) is 0.438. The normalized spacial score (nSPS) is 34.9. The lowest BCUT2D eigenvalue weighted by molar-refractivity contribution is -0.164. The number of likely N-dealkylation sites (tertiary alicyclic amines) is 1. The molecule has 0 aliphatic carbocycles. The second-order valence-corrected chi connectivity index (χ2v) is 11.6. The van der Waals surface area contributed by atoms with Gasteiger partial charge in [0.15, 0.2) is 0 Å². The number of carbonyl (C=O) groups excluding carboxylic acids is 4. The molecule has 0 saturated carbocycles. The molecule has 10 nitrogen and oxygen atoms in total. The number of amides is 3. The number of hydrogen-bond donors (Lipinski definition) is 1. The number of benzene rings is 1. The highest BCUT2D eigenvalue weighted by Crippen LogP contribution is 2.53. The fourth-order valence-electron chi connectivity index (χ4n) is 6.72. The molecule has 0 radical (unpaired) electrons. The van der Waals surface area contributed by atoms with Gasteiger partial charge in [0.05, 0.1) is 24.7 Å². The predicted molar refractivity (Wildman–Crippen MR) is 149 cm³/mol. The van der Waals surface area contributed by atoms with Crippen LogP contribution >= 0.6 is 0 Å². The van der Waals surface area contributed by atoms with E-state index in [9.17, 15) is 24.3 Å². The van der Waals surface area contributed by atoms with Gasteiger partial charge in [0.2, 0.25) is 17.7 Å². The molecule has 1 spiro atoms. The average Bonchev–Trinajstić information content (AvgIpc) is 3.33. The minimum absolute atomic E-state index is 0.0600. The van der Waals surface area contributed by atoms with E-state index in [0.717, 1.165) is 5.56 Å². The first-order chi connectivity index (χ1) is 19.6. The summed E-state index contributed by atoms with van der Waals surface area (Å²) in [5, 5.41) is 9.84. The Kier molecular flexibility index (Phi) is 8.07. The molecule has 1 aromatic carbocycles. The Morgan fingerprint density at radius 3 is 2.49 bits per heavy atom. The molecule has 41 heavy (non-hydrogen) atoms. The maximum Gasteiger partial charge on any atom is 0.313 e. The van der Waals surface area contributed by atoms with Crippen LogP contribution in [0.15, 0.2) is 54.6 Å². The van der Waals surface area contributed by atoms with E-state index < -0.39 is 53.6 Å². The lowest BCUT2D eigenvalue weighted by Gasteiger charge is -2.36. The van der Waals surface area contributed by atoms with E-state index in [1.54, 1.807) is 35.1 Å². The highest BCUT2D eigenvalue weighted by molar-refractivity contribution is 5.99. The Morgan fingerprint density at radius 1 is 1.07 bits per heavy atom. The lowest BCUT2D eigenvalue weighted by atomic mass is 9.77. The number of fused-ring (bicyclic) bond motifs is 2. The van der Waals surface area contributed by atoms with Crippen molar-refractivity contribution in [3.8, 4) is 0 Å². The molecule has 0 bridgehead atoms. The Hall–Kier alpha value is -3.50. The van der Waals surface area contributed by atoms with E-state index in [-0.39, 0.29) is 37.4 Å². The monoisotopic (exact) mass is 565 g/mol. The van der Waals surface area contributed by atoms with Crippen LogP contribution < -0.4 is 0 Å². The molecule has 2 fully saturated rings. The number of aliphatic hydroxyl groups excluding tert-OH is 1. The highest BCUT2D eigenvalue weighted by Gasteiger charge is 2.71. The molecule has 10 heteroatoms. The summed E-state index contributed by atoms with van der Waals surface area (Å²) < 4.78 is 12.8. The Morgan fingerprint density at radius 2 is 1.80 bits per heavy atom. The summed E-state index contributed by atoms with van der Waals surface area (Å²) >= 11 is 0. The molecule has 3 amide bonds. The van der Waals surface area contributed by atoms with Crippen molar-refractivity contribution in [3.63, 3.8) is 0 Å². The number of β-amino-alcohol motifs (C(OH)–C–C–N with tert-alkyl or cyclic N) is 1. The Labute approximate surface area is 240 Å². The van der Waals surface area contributed by atoms with Gasteiger partial charge in [-0.15, -0.1) is 0 Å². The number of allylic oxidation sites excluding steroid dienone is 1. The number of likely N-dealkylation sites (N-methyl/N-ethyl adjacent to an activating group) is 1. The van der Waals surface area contributed by atoms with Gasteiger partial charge in [0, 0.05) is 32.6 Å². The van der Waals surface area contributed by atoms with Gasteiger partial charge in [-0.3, -0.25) is 19.2 Å². The smallest absolute Gasteiger partial charge is 0.313 e. The van der Waals surface area contributed by atoms with E-state index in [1.165, 1.54) is 4.90 Å². The van der Waals surface area contributed by atoms with Crippen molar-refractivity contribution in [2.75, 3.05) is 26.7 Å². The molecule has 5 rings (SSSR count). The minimum atomic E-state index is -1.41. The van der Waals surface area contributed by atoms with Crippen LogP contribution in [0.2, 0.25) is 0 Å². The van der Waals surface area contributed by atoms with Crippen LogP contribution in [0, 0.1) is 11.8 Å². The Bertz CT molecular complexity index is 1250. The number of carbonyl (C=O) groups is 4. The van der Waals surface area contributed by atoms with E-state index in [4.69, 9.17) is 9.47 Å². The predicted octanol–water partition coefficient (Wildman–Crippen LogP) is 1.85.